The maximum Gasteiger partial charge on any atom is 0.306 e. The third-order valence-electron chi connectivity index (χ3n) is 3.91. The van der Waals surface area contributed by atoms with Gasteiger partial charge in [0, 0.05) is 23.4 Å². The summed E-state index contributed by atoms with van der Waals surface area (Å²) < 4.78 is 4.89. The molecule has 7 heteroatoms. The molecule has 0 heterocycles. The molecule has 0 radical (unpaired) electrons. The van der Waals surface area contributed by atoms with E-state index in [1.807, 2.05) is 19.1 Å². The summed E-state index contributed by atoms with van der Waals surface area (Å²) >= 11 is 0. The van der Waals surface area contributed by atoms with Crippen molar-refractivity contribution in [2.45, 2.75) is 26.7 Å². The average Bonchev–Trinajstić information content (AvgIpc) is 2.67. The van der Waals surface area contributed by atoms with Gasteiger partial charge >= 0.3 is 5.97 Å². The van der Waals surface area contributed by atoms with Crippen molar-refractivity contribution in [2.24, 2.45) is 0 Å². The Morgan fingerprint density at radius 1 is 0.857 bits per heavy atom. The van der Waals surface area contributed by atoms with E-state index < -0.39 is 18.5 Å². The first-order valence-electron chi connectivity index (χ1n) is 8.77. The Hall–Kier alpha value is -3.48. The minimum absolute atomic E-state index is 0.0629. The van der Waals surface area contributed by atoms with E-state index in [0.717, 1.165) is 5.56 Å². The molecule has 0 fully saturated rings. The second kappa shape index (κ2) is 10.0. The van der Waals surface area contributed by atoms with Gasteiger partial charge in [0.2, 0.25) is 5.91 Å². The topological polar surface area (TPSA) is 102 Å². The smallest absolute Gasteiger partial charge is 0.306 e. The number of para-hydroxylation sites is 1. The average molecular weight is 382 g/mol. The lowest BCUT2D eigenvalue weighted by Gasteiger charge is -2.09. The quantitative estimate of drug-likeness (QED) is 0.540. The van der Waals surface area contributed by atoms with Gasteiger partial charge in [-0.1, -0.05) is 18.2 Å². The molecule has 0 aliphatic heterocycles. The van der Waals surface area contributed by atoms with Gasteiger partial charge in [0.1, 0.15) is 0 Å². The van der Waals surface area contributed by atoms with E-state index >= 15 is 0 Å². The molecule has 0 bridgehead atoms. The molecule has 146 valence electrons. The van der Waals surface area contributed by atoms with Crippen molar-refractivity contribution in [3.8, 4) is 0 Å². The van der Waals surface area contributed by atoms with E-state index in [4.69, 9.17) is 4.74 Å². The van der Waals surface area contributed by atoms with Gasteiger partial charge < -0.3 is 15.4 Å². The highest BCUT2D eigenvalue weighted by molar-refractivity contribution is 5.96. The lowest BCUT2D eigenvalue weighted by Crippen LogP contribution is -2.22. The minimum Gasteiger partial charge on any atom is -0.456 e. The summed E-state index contributed by atoms with van der Waals surface area (Å²) in [7, 11) is 0. The molecule has 0 aromatic heterocycles. The van der Waals surface area contributed by atoms with Crippen LogP contribution in [0.25, 0.3) is 0 Å². The van der Waals surface area contributed by atoms with Crippen LogP contribution in [0.3, 0.4) is 0 Å². The first kappa shape index (κ1) is 20.8. The highest BCUT2D eigenvalue weighted by Crippen LogP contribution is 2.13. The highest BCUT2D eigenvalue weighted by atomic mass is 16.5. The number of carbonyl (C=O) groups excluding carboxylic acids is 4. The number of ether oxygens (including phenoxy) is 1. The van der Waals surface area contributed by atoms with E-state index in [0.29, 0.717) is 16.9 Å². The molecular weight excluding hydrogens is 360 g/mol. The number of rotatable bonds is 8. The molecule has 0 atom stereocenters. The van der Waals surface area contributed by atoms with Crippen LogP contribution in [0.5, 0.6) is 0 Å². The van der Waals surface area contributed by atoms with Crippen LogP contribution in [0.1, 0.15) is 35.7 Å². The van der Waals surface area contributed by atoms with Gasteiger partial charge in [-0.25, -0.2) is 0 Å². The van der Waals surface area contributed by atoms with Crippen LogP contribution in [0.4, 0.5) is 11.4 Å². The van der Waals surface area contributed by atoms with Crippen LogP contribution in [-0.2, 0) is 19.1 Å². The molecule has 0 spiro atoms. The standard InChI is InChI=1S/C21H22N2O5/c1-14-5-3-4-6-18(14)23-20(26)13-28-21(27)12-11-19(25)22-17-9-7-16(8-10-17)15(2)24/h3-10H,11-13H2,1-2H3,(H,22,25)(H,23,26). The maximum absolute atomic E-state index is 11.9. The number of Topliss-reactive ketones (excluding diaryl/α,β-unsaturated/α-hetero) is 1. The number of ketones is 1. The van der Waals surface area contributed by atoms with Gasteiger partial charge in [-0.05, 0) is 49.7 Å². The number of hydrogen-bond acceptors (Lipinski definition) is 5. The van der Waals surface area contributed by atoms with Crippen LogP contribution >= 0.6 is 0 Å². The maximum atomic E-state index is 11.9. The Morgan fingerprint density at radius 3 is 2.18 bits per heavy atom. The molecule has 0 aliphatic rings. The van der Waals surface area contributed by atoms with E-state index in [9.17, 15) is 19.2 Å². The van der Waals surface area contributed by atoms with Crippen molar-refractivity contribution in [3.63, 3.8) is 0 Å². The summed E-state index contributed by atoms with van der Waals surface area (Å²) in [6, 6.07) is 13.7. The Labute approximate surface area is 163 Å². The van der Waals surface area contributed by atoms with Crippen LogP contribution in [0.15, 0.2) is 48.5 Å². The molecule has 2 amide bonds. The third-order valence-corrected chi connectivity index (χ3v) is 3.91. The lowest BCUT2D eigenvalue weighted by molar-refractivity contribution is -0.147. The number of carbonyl (C=O) groups is 4. The minimum atomic E-state index is -0.637. The fraction of sp³-hybridized carbons (Fsp3) is 0.238. The fourth-order valence-electron chi connectivity index (χ4n) is 2.34. The first-order valence-corrected chi connectivity index (χ1v) is 8.77. The molecule has 2 N–H and O–H groups in total. The SMILES string of the molecule is CC(=O)c1ccc(NC(=O)CCC(=O)OCC(=O)Nc2ccccc2C)cc1. The fourth-order valence-corrected chi connectivity index (χ4v) is 2.34. The summed E-state index contributed by atoms with van der Waals surface area (Å²) in [6.45, 7) is 2.90. The van der Waals surface area contributed by atoms with Crippen molar-refractivity contribution in [1.82, 2.24) is 0 Å². The van der Waals surface area contributed by atoms with E-state index in [2.05, 4.69) is 10.6 Å². The van der Waals surface area contributed by atoms with Gasteiger partial charge in [0.15, 0.2) is 12.4 Å². The molecular formula is C21H22N2O5. The van der Waals surface area contributed by atoms with Crippen LogP contribution in [0.2, 0.25) is 0 Å². The normalized spacial score (nSPS) is 10.1. The molecule has 0 saturated heterocycles. The molecule has 7 nitrogen and oxygen atoms in total. The van der Waals surface area contributed by atoms with E-state index in [1.165, 1.54) is 6.92 Å². The van der Waals surface area contributed by atoms with Crippen LogP contribution in [-0.4, -0.2) is 30.2 Å². The van der Waals surface area contributed by atoms with Crippen LogP contribution in [0, 0.1) is 6.92 Å². The zero-order valence-corrected chi connectivity index (χ0v) is 15.8. The number of benzene rings is 2. The largest absolute Gasteiger partial charge is 0.456 e. The van der Waals surface area contributed by atoms with Gasteiger partial charge in [0.05, 0.1) is 6.42 Å². The number of hydrogen-bond donors (Lipinski definition) is 2. The molecule has 0 unspecified atom stereocenters. The van der Waals surface area contributed by atoms with Crippen LogP contribution < -0.4 is 10.6 Å². The molecule has 0 aliphatic carbocycles. The summed E-state index contributed by atoms with van der Waals surface area (Å²) in [5, 5.41) is 5.29. The highest BCUT2D eigenvalue weighted by Gasteiger charge is 2.11. The molecule has 2 aromatic carbocycles. The summed E-state index contributed by atoms with van der Waals surface area (Å²) in [6.07, 6.45) is -0.221. The van der Waals surface area contributed by atoms with Gasteiger partial charge in [-0.2, -0.15) is 0 Å². The van der Waals surface area contributed by atoms with Crippen molar-refractivity contribution in [2.75, 3.05) is 17.2 Å². The molecule has 28 heavy (non-hydrogen) atoms. The first-order chi connectivity index (χ1) is 13.3. The number of amides is 2. The van der Waals surface area contributed by atoms with Gasteiger partial charge in [-0.3, -0.25) is 19.2 Å². The monoisotopic (exact) mass is 382 g/mol. The summed E-state index contributed by atoms with van der Waals surface area (Å²) in [5.41, 5.74) is 2.63. The predicted molar refractivity (Wildman–Crippen MR) is 105 cm³/mol. The Balaban J connectivity index is 1.70. The van der Waals surface area contributed by atoms with Crippen molar-refractivity contribution < 1.29 is 23.9 Å². The second-order valence-corrected chi connectivity index (χ2v) is 6.21. The van der Waals surface area contributed by atoms with E-state index in [-0.39, 0.29) is 24.5 Å². The summed E-state index contributed by atoms with van der Waals surface area (Å²) in [5.74, 6) is -1.51. The van der Waals surface area contributed by atoms with Gasteiger partial charge in [0.25, 0.3) is 5.91 Å². The predicted octanol–water partition coefficient (Wildman–Crippen LogP) is 3.10. The van der Waals surface area contributed by atoms with E-state index in [1.54, 1.807) is 36.4 Å². The Bertz CT molecular complexity index is 875. The zero-order valence-electron chi connectivity index (χ0n) is 15.8. The van der Waals surface area contributed by atoms with Gasteiger partial charge in [-0.15, -0.1) is 0 Å². The number of nitrogens with one attached hydrogen (secondary N) is 2. The number of anilines is 2. The number of esters is 1. The molecule has 2 aromatic rings. The number of aryl methyl sites for hydroxylation is 1. The summed E-state index contributed by atoms with van der Waals surface area (Å²) in [4.78, 5) is 46.7. The van der Waals surface area contributed by atoms with Crippen molar-refractivity contribution in [3.05, 3.63) is 59.7 Å². The lowest BCUT2D eigenvalue weighted by atomic mass is 10.1. The second-order valence-electron chi connectivity index (χ2n) is 6.21. The molecule has 0 saturated carbocycles. The Kier molecular flexibility index (Phi) is 7.45. The third kappa shape index (κ3) is 6.68. The molecule has 2 rings (SSSR count). The van der Waals surface area contributed by atoms with Crippen molar-refractivity contribution >= 4 is 34.9 Å². The zero-order chi connectivity index (χ0) is 20.5. The Morgan fingerprint density at radius 2 is 1.54 bits per heavy atom. The van der Waals surface area contributed by atoms with Crippen molar-refractivity contribution in [1.29, 1.82) is 0 Å².